The van der Waals surface area contributed by atoms with Crippen molar-refractivity contribution in [2.75, 3.05) is 6.54 Å². The van der Waals surface area contributed by atoms with Gasteiger partial charge in [-0.2, -0.15) is 0 Å². The Bertz CT molecular complexity index is 628. The van der Waals surface area contributed by atoms with Crippen molar-refractivity contribution in [3.8, 4) is 5.75 Å². The molecule has 2 aromatic rings. The van der Waals surface area contributed by atoms with Gasteiger partial charge in [-0.15, -0.1) is 0 Å². The first-order valence-corrected chi connectivity index (χ1v) is 7.52. The molecule has 118 valence electrons. The van der Waals surface area contributed by atoms with Crippen molar-refractivity contribution in [3.63, 3.8) is 0 Å². The summed E-state index contributed by atoms with van der Waals surface area (Å²) in [6.07, 6.45) is 0.840. The molecule has 0 spiro atoms. The van der Waals surface area contributed by atoms with E-state index in [0.717, 1.165) is 6.42 Å². The van der Waals surface area contributed by atoms with Gasteiger partial charge in [0, 0.05) is 29.2 Å². The lowest BCUT2D eigenvalue weighted by Crippen LogP contribution is -2.25. The number of hydrogen-bond acceptors (Lipinski definition) is 2. The molecule has 1 N–H and O–H groups in total. The number of halogens is 3. The summed E-state index contributed by atoms with van der Waals surface area (Å²) in [5, 5.41) is 9.81. The molecular formula is C17H18ClF2NO. The van der Waals surface area contributed by atoms with Gasteiger partial charge in [-0.3, -0.25) is 4.90 Å². The molecule has 2 aromatic carbocycles. The van der Waals surface area contributed by atoms with E-state index in [-0.39, 0.29) is 24.7 Å². The highest BCUT2D eigenvalue weighted by Crippen LogP contribution is 2.24. The standard InChI is InChI=1S/C17H18ClF2NO/c1-2-9-21(10-12-5-3-8-16(22)17(12)20)11-13-14(18)6-4-7-15(13)19/h3-8,22H,2,9-11H2,1H3. The Morgan fingerprint density at radius 2 is 1.82 bits per heavy atom. The maximum atomic E-state index is 13.9. The Kier molecular flexibility index (Phi) is 5.75. The molecule has 2 rings (SSSR count). The highest BCUT2D eigenvalue weighted by atomic mass is 35.5. The fourth-order valence-corrected chi connectivity index (χ4v) is 2.59. The van der Waals surface area contributed by atoms with E-state index >= 15 is 0 Å². The van der Waals surface area contributed by atoms with Crippen LogP contribution in [0.3, 0.4) is 0 Å². The summed E-state index contributed by atoms with van der Waals surface area (Å²) in [5.41, 5.74) is 0.777. The monoisotopic (exact) mass is 325 g/mol. The van der Waals surface area contributed by atoms with Gasteiger partial charge in [0.2, 0.25) is 0 Å². The average Bonchev–Trinajstić information content (AvgIpc) is 2.48. The van der Waals surface area contributed by atoms with Gasteiger partial charge in [-0.25, -0.2) is 8.78 Å². The third kappa shape index (κ3) is 3.96. The Hall–Kier alpha value is -1.65. The first-order valence-electron chi connectivity index (χ1n) is 7.14. The molecule has 0 fully saturated rings. The Morgan fingerprint density at radius 3 is 2.50 bits per heavy atom. The molecule has 22 heavy (non-hydrogen) atoms. The van der Waals surface area contributed by atoms with E-state index in [0.29, 0.717) is 22.7 Å². The van der Waals surface area contributed by atoms with Gasteiger partial charge in [0.1, 0.15) is 5.82 Å². The minimum atomic E-state index is -0.636. The van der Waals surface area contributed by atoms with Crippen LogP contribution >= 0.6 is 11.6 Å². The van der Waals surface area contributed by atoms with Crippen molar-refractivity contribution in [2.45, 2.75) is 26.4 Å². The van der Waals surface area contributed by atoms with E-state index in [2.05, 4.69) is 0 Å². The first-order chi connectivity index (χ1) is 10.5. The predicted octanol–water partition coefficient (Wildman–Crippen LogP) is 4.74. The molecule has 0 bridgehead atoms. The molecule has 0 atom stereocenters. The van der Waals surface area contributed by atoms with Crippen molar-refractivity contribution in [1.82, 2.24) is 4.90 Å². The zero-order chi connectivity index (χ0) is 16.1. The van der Waals surface area contributed by atoms with Gasteiger partial charge in [0.25, 0.3) is 0 Å². The fraction of sp³-hybridized carbons (Fsp3) is 0.294. The summed E-state index contributed by atoms with van der Waals surface area (Å²) in [6.45, 7) is 3.22. The van der Waals surface area contributed by atoms with Crippen molar-refractivity contribution in [3.05, 3.63) is 64.2 Å². The Morgan fingerprint density at radius 1 is 1.09 bits per heavy atom. The largest absolute Gasteiger partial charge is 0.505 e. The number of benzene rings is 2. The van der Waals surface area contributed by atoms with Crippen LogP contribution in [0.15, 0.2) is 36.4 Å². The number of rotatable bonds is 6. The lowest BCUT2D eigenvalue weighted by atomic mass is 10.1. The minimum Gasteiger partial charge on any atom is -0.505 e. The van der Waals surface area contributed by atoms with Gasteiger partial charge in [0.15, 0.2) is 11.6 Å². The summed E-state index contributed by atoms with van der Waals surface area (Å²) >= 11 is 6.05. The van der Waals surface area contributed by atoms with E-state index in [9.17, 15) is 13.9 Å². The maximum absolute atomic E-state index is 13.9. The van der Waals surface area contributed by atoms with E-state index in [1.165, 1.54) is 12.1 Å². The SMILES string of the molecule is CCCN(Cc1cccc(O)c1F)Cc1c(F)cccc1Cl. The summed E-state index contributed by atoms with van der Waals surface area (Å²) in [6, 6.07) is 9.06. The number of aromatic hydroxyl groups is 1. The van der Waals surface area contributed by atoms with Crippen LogP contribution in [0.1, 0.15) is 24.5 Å². The zero-order valence-corrected chi connectivity index (χ0v) is 13.1. The van der Waals surface area contributed by atoms with Crippen molar-refractivity contribution >= 4 is 11.6 Å². The molecule has 2 nitrogen and oxygen atoms in total. The molecular weight excluding hydrogens is 308 g/mol. The normalized spacial score (nSPS) is 11.1. The van der Waals surface area contributed by atoms with Crippen LogP contribution in [0.25, 0.3) is 0 Å². The third-order valence-corrected chi connectivity index (χ3v) is 3.79. The van der Waals surface area contributed by atoms with Gasteiger partial charge in [-0.05, 0) is 31.2 Å². The van der Waals surface area contributed by atoms with Crippen molar-refractivity contribution < 1.29 is 13.9 Å². The molecule has 0 saturated heterocycles. The van der Waals surface area contributed by atoms with Crippen LogP contribution in [0, 0.1) is 11.6 Å². The molecule has 0 aliphatic heterocycles. The Labute approximate surface area is 134 Å². The van der Waals surface area contributed by atoms with Crippen LogP contribution in [-0.2, 0) is 13.1 Å². The summed E-state index contributed by atoms with van der Waals surface area (Å²) in [4.78, 5) is 1.90. The number of hydrogen-bond donors (Lipinski definition) is 1. The summed E-state index contributed by atoms with van der Waals surface area (Å²) < 4.78 is 27.8. The van der Waals surface area contributed by atoms with Crippen molar-refractivity contribution in [2.24, 2.45) is 0 Å². The molecule has 0 amide bonds. The van der Waals surface area contributed by atoms with Crippen molar-refractivity contribution in [1.29, 1.82) is 0 Å². The second-order valence-electron chi connectivity index (χ2n) is 5.16. The molecule has 5 heteroatoms. The minimum absolute atomic E-state index is 0.277. The first kappa shape index (κ1) is 16.7. The molecule has 0 saturated carbocycles. The zero-order valence-electron chi connectivity index (χ0n) is 12.3. The second-order valence-corrected chi connectivity index (χ2v) is 5.57. The van der Waals surface area contributed by atoms with Gasteiger partial charge in [0.05, 0.1) is 0 Å². The molecule has 0 aliphatic rings. The van der Waals surface area contributed by atoms with Gasteiger partial charge in [-0.1, -0.05) is 36.7 Å². The second kappa shape index (κ2) is 7.56. The Balaban J connectivity index is 2.22. The van der Waals surface area contributed by atoms with E-state index in [1.807, 2.05) is 11.8 Å². The lowest BCUT2D eigenvalue weighted by Gasteiger charge is -2.23. The average molecular weight is 326 g/mol. The van der Waals surface area contributed by atoms with Crippen LogP contribution in [0.2, 0.25) is 5.02 Å². The highest BCUT2D eigenvalue weighted by Gasteiger charge is 2.15. The molecule has 0 aromatic heterocycles. The number of phenols is 1. The lowest BCUT2D eigenvalue weighted by molar-refractivity contribution is 0.249. The summed E-state index contributed by atoms with van der Waals surface area (Å²) in [5.74, 6) is -1.38. The fourth-order valence-electron chi connectivity index (χ4n) is 2.37. The molecule has 0 heterocycles. The molecule has 0 unspecified atom stereocenters. The van der Waals surface area contributed by atoms with Gasteiger partial charge < -0.3 is 5.11 Å². The van der Waals surface area contributed by atoms with E-state index in [1.54, 1.807) is 24.3 Å². The molecule has 0 aliphatic carbocycles. The van der Waals surface area contributed by atoms with Crippen LogP contribution in [-0.4, -0.2) is 16.6 Å². The predicted molar refractivity (Wildman–Crippen MR) is 83.9 cm³/mol. The molecule has 0 radical (unpaired) electrons. The highest BCUT2D eigenvalue weighted by molar-refractivity contribution is 6.31. The third-order valence-electron chi connectivity index (χ3n) is 3.44. The van der Waals surface area contributed by atoms with E-state index in [4.69, 9.17) is 11.6 Å². The van der Waals surface area contributed by atoms with Crippen LogP contribution in [0.5, 0.6) is 5.75 Å². The quantitative estimate of drug-likeness (QED) is 0.829. The maximum Gasteiger partial charge on any atom is 0.169 e. The van der Waals surface area contributed by atoms with Crippen LogP contribution < -0.4 is 0 Å². The number of phenolic OH excluding ortho intramolecular Hbond substituents is 1. The van der Waals surface area contributed by atoms with Crippen LogP contribution in [0.4, 0.5) is 8.78 Å². The van der Waals surface area contributed by atoms with Gasteiger partial charge >= 0.3 is 0 Å². The van der Waals surface area contributed by atoms with E-state index < -0.39 is 5.82 Å². The topological polar surface area (TPSA) is 23.5 Å². The smallest absolute Gasteiger partial charge is 0.169 e. The summed E-state index contributed by atoms with van der Waals surface area (Å²) in [7, 11) is 0. The number of nitrogens with zero attached hydrogens (tertiary/aromatic N) is 1.